The van der Waals surface area contributed by atoms with Crippen LogP contribution in [-0.2, 0) is 11.3 Å². The standard InChI is InChI=1S/C14H17ClN2O2S/c1-2-3-4-8-17-13-10(15)6-5-7-11(13)16-14(17)20-9-12(18)19/h5-7H,2-4,8-9H2,1H3,(H,18,19). The molecule has 1 aromatic carbocycles. The van der Waals surface area contributed by atoms with Gasteiger partial charge in [0.2, 0.25) is 0 Å². The van der Waals surface area contributed by atoms with Crippen molar-refractivity contribution in [3.05, 3.63) is 23.2 Å². The molecule has 0 aliphatic carbocycles. The maximum absolute atomic E-state index is 10.7. The van der Waals surface area contributed by atoms with E-state index in [9.17, 15) is 4.79 Å². The quantitative estimate of drug-likeness (QED) is 0.619. The molecule has 1 N–H and O–H groups in total. The van der Waals surface area contributed by atoms with Gasteiger partial charge in [-0.2, -0.15) is 0 Å². The molecule has 0 fully saturated rings. The molecule has 0 saturated carbocycles. The fourth-order valence-corrected chi connectivity index (χ4v) is 3.11. The fourth-order valence-electron chi connectivity index (χ4n) is 2.08. The maximum atomic E-state index is 10.7. The molecule has 0 atom stereocenters. The minimum absolute atomic E-state index is 0.00865. The van der Waals surface area contributed by atoms with Crippen LogP contribution >= 0.6 is 23.4 Å². The lowest BCUT2D eigenvalue weighted by Crippen LogP contribution is -2.03. The number of aliphatic carboxylic acids is 1. The van der Waals surface area contributed by atoms with E-state index < -0.39 is 5.97 Å². The Morgan fingerprint density at radius 3 is 2.95 bits per heavy atom. The SMILES string of the molecule is CCCCCn1c(SCC(=O)O)nc2cccc(Cl)c21. The first kappa shape index (κ1) is 15.2. The van der Waals surface area contributed by atoms with Crippen molar-refractivity contribution in [2.45, 2.75) is 37.9 Å². The molecule has 108 valence electrons. The van der Waals surface area contributed by atoms with Crippen LogP contribution in [-0.4, -0.2) is 26.4 Å². The fraction of sp³-hybridized carbons (Fsp3) is 0.429. The molecule has 20 heavy (non-hydrogen) atoms. The van der Waals surface area contributed by atoms with E-state index in [2.05, 4.69) is 11.9 Å². The molecule has 0 saturated heterocycles. The molecule has 1 heterocycles. The normalized spacial score (nSPS) is 11.1. The lowest BCUT2D eigenvalue weighted by atomic mass is 10.2. The minimum Gasteiger partial charge on any atom is -0.481 e. The summed E-state index contributed by atoms with van der Waals surface area (Å²) in [6.45, 7) is 2.97. The topological polar surface area (TPSA) is 55.1 Å². The van der Waals surface area contributed by atoms with Crippen LogP contribution in [0.5, 0.6) is 0 Å². The predicted octanol–water partition coefficient (Wildman–Crippen LogP) is 4.06. The predicted molar refractivity (Wildman–Crippen MR) is 82.6 cm³/mol. The Morgan fingerprint density at radius 2 is 2.25 bits per heavy atom. The Hall–Kier alpha value is -1.20. The number of carbonyl (C=O) groups is 1. The summed E-state index contributed by atoms with van der Waals surface area (Å²) in [6, 6.07) is 5.61. The first-order valence-electron chi connectivity index (χ1n) is 6.62. The van der Waals surface area contributed by atoms with Crippen LogP contribution in [0, 0.1) is 0 Å². The largest absolute Gasteiger partial charge is 0.481 e. The highest BCUT2D eigenvalue weighted by Gasteiger charge is 2.14. The van der Waals surface area contributed by atoms with Crippen molar-refractivity contribution in [2.24, 2.45) is 0 Å². The van der Waals surface area contributed by atoms with Crippen LogP contribution < -0.4 is 0 Å². The van der Waals surface area contributed by atoms with Gasteiger partial charge in [0.1, 0.15) is 0 Å². The highest BCUT2D eigenvalue weighted by molar-refractivity contribution is 7.99. The third kappa shape index (κ3) is 3.46. The number of halogens is 1. The van der Waals surface area contributed by atoms with Gasteiger partial charge >= 0.3 is 5.97 Å². The van der Waals surface area contributed by atoms with E-state index in [0.29, 0.717) is 5.02 Å². The molecule has 0 aliphatic rings. The summed E-state index contributed by atoms with van der Waals surface area (Å²) in [5.41, 5.74) is 1.72. The van der Waals surface area contributed by atoms with E-state index >= 15 is 0 Å². The molecule has 0 radical (unpaired) electrons. The van der Waals surface area contributed by atoms with Gasteiger partial charge in [-0.05, 0) is 18.6 Å². The van der Waals surface area contributed by atoms with Gasteiger partial charge in [0.25, 0.3) is 0 Å². The Morgan fingerprint density at radius 1 is 1.45 bits per heavy atom. The van der Waals surface area contributed by atoms with Crippen LogP contribution in [0.15, 0.2) is 23.4 Å². The smallest absolute Gasteiger partial charge is 0.313 e. The number of aryl methyl sites for hydroxylation is 1. The molecule has 0 spiro atoms. The Bertz CT molecular complexity index is 612. The van der Waals surface area contributed by atoms with E-state index in [1.807, 2.05) is 22.8 Å². The van der Waals surface area contributed by atoms with E-state index in [0.717, 1.165) is 42.0 Å². The van der Waals surface area contributed by atoms with Crippen LogP contribution in [0.25, 0.3) is 11.0 Å². The number of fused-ring (bicyclic) bond motifs is 1. The number of rotatable bonds is 7. The van der Waals surface area contributed by atoms with Crippen molar-refractivity contribution in [2.75, 3.05) is 5.75 Å². The van der Waals surface area contributed by atoms with Crippen molar-refractivity contribution in [1.29, 1.82) is 0 Å². The second-order valence-electron chi connectivity index (χ2n) is 4.54. The van der Waals surface area contributed by atoms with Crippen molar-refractivity contribution in [1.82, 2.24) is 9.55 Å². The molecule has 0 amide bonds. The molecule has 0 aliphatic heterocycles. The van der Waals surface area contributed by atoms with Crippen LogP contribution in [0.2, 0.25) is 5.02 Å². The Kier molecular flexibility index (Phi) is 5.31. The number of carboxylic acids is 1. The van der Waals surface area contributed by atoms with E-state index in [4.69, 9.17) is 16.7 Å². The molecule has 1 aromatic heterocycles. The van der Waals surface area contributed by atoms with Gasteiger partial charge in [-0.25, -0.2) is 4.98 Å². The number of nitrogens with zero attached hydrogens (tertiary/aromatic N) is 2. The average Bonchev–Trinajstić information content (AvgIpc) is 2.76. The summed E-state index contributed by atoms with van der Waals surface area (Å²) in [5.74, 6) is -0.831. The lowest BCUT2D eigenvalue weighted by Gasteiger charge is -2.08. The maximum Gasteiger partial charge on any atom is 0.313 e. The van der Waals surface area contributed by atoms with Crippen molar-refractivity contribution in [3.8, 4) is 0 Å². The number of unbranched alkanes of at least 4 members (excludes halogenated alkanes) is 2. The summed E-state index contributed by atoms with van der Waals surface area (Å²) in [4.78, 5) is 15.2. The highest BCUT2D eigenvalue weighted by Crippen LogP contribution is 2.29. The number of benzene rings is 1. The number of aromatic nitrogens is 2. The summed E-state index contributed by atoms with van der Waals surface area (Å²) < 4.78 is 2.04. The van der Waals surface area contributed by atoms with Crippen LogP contribution in [0.4, 0.5) is 0 Å². The zero-order chi connectivity index (χ0) is 14.5. The first-order valence-corrected chi connectivity index (χ1v) is 7.99. The van der Waals surface area contributed by atoms with Crippen LogP contribution in [0.3, 0.4) is 0 Å². The van der Waals surface area contributed by atoms with Gasteiger partial charge < -0.3 is 9.67 Å². The molecule has 2 aromatic rings. The molecular weight excluding hydrogens is 296 g/mol. The van der Waals surface area contributed by atoms with Gasteiger partial charge in [-0.3, -0.25) is 4.79 Å². The summed E-state index contributed by atoms with van der Waals surface area (Å²) in [5, 5.41) is 10.2. The third-order valence-electron chi connectivity index (χ3n) is 2.99. The third-order valence-corrected chi connectivity index (χ3v) is 4.26. The number of imidazole rings is 1. The summed E-state index contributed by atoms with van der Waals surface area (Å²) >= 11 is 7.51. The lowest BCUT2D eigenvalue weighted by molar-refractivity contribution is -0.133. The average molecular weight is 313 g/mol. The van der Waals surface area contributed by atoms with E-state index in [1.54, 1.807) is 0 Å². The molecule has 6 heteroatoms. The van der Waals surface area contributed by atoms with E-state index in [1.165, 1.54) is 11.8 Å². The number of para-hydroxylation sites is 1. The first-order chi connectivity index (χ1) is 9.63. The van der Waals surface area contributed by atoms with Crippen molar-refractivity contribution < 1.29 is 9.90 Å². The van der Waals surface area contributed by atoms with Crippen molar-refractivity contribution >= 4 is 40.4 Å². The van der Waals surface area contributed by atoms with Gasteiger partial charge in [0.15, 0.2) is 5.16 Å². The van der Waals surface area contributed by atoms with Gasteiger partial charge in [-0.1, -0.05) is 49.2 Å². The van der Waals surface area contributed by atoms with Gasteiger partial charge in [-0.15, -0.1) is 0 Å². The Labute approximate surface area is 127 Å². The number of thioether (sulfide) groups is 1. The van der Waals surface area contributed by atoms with Crippen LogP contribution in [0.1, 0.15) is 26.2 Å². The number of carboxylic acid groups (broad SMARTS) is 1. The molecule has 0 unspecified atom stereocenters. The molecule has 0 bridgehead atoms. The minimum atomic E-state index is -0.840. The van der Waals surface area contributed by atoms with Crippen molar-refractivity contribution in [3.63, 3.8) is 0 Å². The molecular formula is C14H17ClN2O2S. The van der Waals surface area contributed by atoms with Gasteiger partial charge in [0.05, 0.1) is 21.8 Å². The summed E-state index contributed by atoms with van der Waals surface area (Å²) in [7, 11) is 0. The monoisotopic (exact) mass is 312 g/mol. The molecule has 2 rings (SSSR count). The second kappa shape index (κ2) is 6.99. The number of hydrogen-bond acceptors (Lipinski definition) is 3. The van der Waals surface area contributed by atoms with Gasteiger partial charge in [0, 0.05) is 6.54 Å². The summed E-state index contributed by atoms with van der Waals surface area (Å²) in [6.07, 6.45) is 3.30. The van der Waals surface area contributed by atoms with E-state index in [-0.39, 0.29) is 5.75 Å². The zero-order valence-electron chi connectivity index (χ0n) is 11.3. The highest BCUT2D eigenvalue weighted by atomic mass is 35.5. The number of hydrogen-bond donors (Lipinski definition) is 1. The second-order valence-corrected chi connectivity index (χ2v) is 5.89. The molecule has 4 nitrogen and oxygen atoms in total. The Balaban J connectivity index is 2.35. The zero-order valence-corrected chi connectivity index (χ0v) is 12.9.